The number of nitrogens with zero attached hydrogens (tertiary/aromatic N) is 1. The zero-order valence-electron chi connectivity index (χ0n) is 8.28. The number of carbonyl (C=O) groups excluding carboxylic acids is 1. The number of rotatable bonds is 4. The number of hydrogen-bond acceptors (Lipinski definition) is 3. The lowest BCUT2D eigenvalue weighted by molar-refractivity contribution is 0.266. The summed E-state index contributed by atoms with van der Waals surface area (Å²) in [5, 5.41) is -0.341. The third kappa shape index (κ3) is 2.74. The molecule has 1 aliphatic rings. The largest absolute Gasteiger partial charge is 0.359 e. The highest BCUT2D eigenvalue weighted by Crippen LogP contribution is 2.36. The van der Waals surface area contributed by atoms with Crippen molar-refractivity contribution in [2.75, 3.05) is 7.05 Å². The van der Waals surface area contributed by atoms with Gasteiger partial charge in [0.1, 0.15) is 0 Å². The lowest BCUT2D eigenvalue weighted by atomic mass is 10.1. The molecule has 0 saturated carbocycles. The van der Waals surface area contributed by atoms with Crippen LogP contribution in [0.3, 0.4) is 0 Å². The molecule has 0 aromatic heterocycles. The molecule has 1 rings (SSSR count). The molecule has 0 heterocycles. The second-order valence-corrected chi connectivity index (χ2v) is 4.54. The third-order valence-corrected chi connectivity index (χ3v) is 3.08. The van der Waals surface area contributed by atoms with Crippen LogP contribution in [-0.2, 0) is 0 Å². The van der Waals surface area contributed by atoms with Crippen LogP contribution in [0, 0.1) is 5.92 Å². The molecule has 2 atom stereocenters. The van der Waals surface area contributed by atoms with Crippen LogP contribution in [0.15, 0.2) is 11.6 Å². The first-order chi connectivity index (χ1) is 6.06. The van der Waals surface area contributed by atoms with Crippen molar-refractivity contribution in [3.05, 3.63) is 11.6 Å². The van der Waals surface area contributed by atoms with E-state index in [4.69, 9.17) is 5.73 Å². The van der Waals surface area contributed by atoms with Crippen molar-refractivity contribution in [1.82, 2.24) is 4.31 Å². The van der Waals surface area contributed by atoms with Gasteiger partial charge in [0.15, 0.2) is 0 Å². The summed E-state index contributed by atoms with van der Waals surface area (Å²) in [5.41, 5.74) is 6.50. The molecule has 0 radical (unpaired) electrons. The number of amides is 1. The molecule has 0 fully saturated rings. The predicted molar refractivity (Wildman–Crippen MR) is 56.3 cm³/mol. The third-order valence-electron chi connectivity index (χ3n) is 2.39. The lowest BCUT2D eigenvalue weighted by Gasteiger charge is -2.15. The van der Waals surface area contributed by atoms with Crippen molar-refractivity contribution >= 4 is 17.2 Å². The Labute approximate surface area is 83.5 Å². The maximum Gasteiger partial charge on any atom is 0.291 e. The summed E-state index contributed by atoms with van der Waals surface area (Å²) in [7, 11) is 1.89. The van der Waals surface area contributed by atoms with Gasteiger partial charge in [0.05, 0.1) is 6.04 Å². The van der Waals surface area contributed by atoms with E-state index in [-0.39, 0.29) is 5.24 Å². The van der Waals surface area contributed by atoms with E-state index in [1.807, 2.05) is 11.4 Å². The highest BCUT2D eigenvalue weighted by molar-refractivity contribution is 8.11. The van der Waals surface area contributed by atoms with Crippen LogP contribution in [0.4, 0.5) is 4.79 Å². The summed E-state index contributed by atoms with van der Waals surface area (Å²) in [6.45, 7) is 4.37. The topological polar surface area (TPSA) is 46.3 Å². The first kappa shape index (κ1) is 10.6. The van der Waals surface area contributed by atoms with Crippen molar-refractivity contribution < 1.29 is 4.79 Å². The van der Waals surface area contributed by atoms with Gasteiger partial charge in [0.25, 0.3) is 5.24 Å². The molecule has 0 aliphatic heterocycles. The number of carbonyl (C=O) groups is 1. The van der Waals surface area contributed by atoms with Crippen molar-refractivity contribution in [2.45, 2.75) is 26.3 Å². The van der Waals surface area contributed by atoms with Crippen LogP contribution in [0.5, 0.6) is 0 Å². The van der Waals surface area contributed by atoms with Crippen LogP contribution >= 0.6 is 11.9 Å². The minimum atomic E-state index is -0.341. The smallest absolute Gasteiger partial charge is 0.291 e. The van der Waals surface area contributed by atoms with Gasteiger partial charge in [-0.15, -0.1) is 0 Å². The Balaban J connectivity index is 2.31. The quantitative estimate of drug-likeness (QED) is 0.557. The van der Waals surface area contributed by atoms with Gasteiger partial charge in [-0.3, -0.25) is 4.79 Å². The van der Waals surface area contributed by atoms with E-state index < -0.39 is 0 Å². The first-order valence-corrected chi connectivity index (χ1v) is 5.25. The Kier molecular flexibility index (Phi) is 3.39. The standard InChI is InChI=1S/C9H16N2OS/c1-4-6(2)7-5-8(7)11(3)13-9(10)12/h5-6,8H,4H2,1-3H3,(H2,10,12)/t6-,8?/m1/s1. The van der Waals surface area contributed by atoms with Crippen LogP contribution in [-0.4, -0.2) is 22.6 Å². The van der Waals surface area contributed by atoms with E-state index in [1.165, 1.54) is 5.57 Å². The molecule has 13 heavy (non-hydrogen) atoms. The van der Waals surface area contributed by atoms with Crippen molar-refractivity contribution in [3.8, 4) is 0 Å². The second-order valence-electron chi connectivity index (χ2n) is 3.38. The molecule has 0 aromatic rings. The maximum absolute atomic E-state index is 10.6. The maximum atomic E-state index is 10.6. The van der Waals surface area contributed by atoms with Gasteiger partial charge in [-0.2, -0.15) is 0 Å². The highest BCUT2D eigenvalue weighted by Gasteiger charge is 2.32. The Bertz CT molecular complexity index is 240. The van der Waals surface area contributed by atoms with Crippen molar-refractivity contribution in [3.63, 3.8) is 0 Å². The molecule has 0 aromatic carbocycles. The van der Waals surface area contributed by atoms with Crippen LogP contribution in [0.2, 0.25) is 0 Å². The summed E-state index contributed by atoms with van der Waals surface area (Å²) in [6, 6.07) is 0.354. The fourth-order valence-electron chi connectivity index (χ4n) is 1.34. The average Bonchev–Trinajstić information content (AvgIpc) is 2.80. The lowest BCUT2D eigenvalue weighted by Crippen LogP contribution is -2.21. The SMILES string of the molecule is CC[C@@H](C)C1=CC1N(C)SC(N)=O. The highest BCUT2D eigenvalue weighted by atomic mass is 32.2. The summed E-state index contributed by atoms with van der Waals surface area (Å²) in [5.74, 6) is 0.626. The Hall–Kier alpha value is -0.480. The molecule has 3 nitrogen and oxygen atoms in total. The molecule has 0 bridgehead atoms. The molecule has 4 heteroatoms. The molecular weight excluding hydrogens is 184 g/mol. The summed E-state index contributed by atoms with van der Waals surface area (Å²) < 4.78 is 1.91. The molecule has 2 N–H and O–H groups in total. The molecular formula is C9H16N2OS. The Morgan fingerprint density at radius 2 is 2.46 bits per heavy atom. The monoisotopic (exact) mass is 200 g/mol. The predicted octanol–water partition coefficient (Wildman–Crippen LogP) is 2.00. The molecule has 1 amide bonds. The zero-order chi connectivity index (χ0) is 10.0. The number of hydrogen-bond donors (Lipinski definition) is 1. The van der Waals surface area contributed by atoms with E-state index in [9.17, 15) is 4.79 Å². The zero-order valence-corrected chi connectivity index (χ0v) is 9.10. The number of nitrogens with two attached hydrogens (primary N) is 1. The van der Waals surface area contributed by atoms with Crippen molar-refractivity contribution in [2.24, 2.45) is 11.7 Å². The minimum Gasteiger partial charge on any atom is -0.359 e. The van der Waals surface area contributed by atoms with Gasteiger partial charge in [-0.25, -0.2) is 4.31 Å². The normalized spacial score (nSPS) is 22.8. The minimum absolute atomic E-state index is 0.341. The van der Waals surface area contributed by atoms with Crippen LogP contribution in [0.1, 0.15) is 20.3 Å². The van der Waals surface area contributed by atoms with E-state index in [2.05, 4.69) is 19.9 Å². The van der Waals surface area contributed by atoms with E-state index in [0.29, 0.717) is 12.0 Å². The van der Waals surface area contributed by atoms with Gasteiger partial charge in [-0.1, -0.05) is 19.9 Å². The molecule has 0 spiro atoms. The number of likely N-dealkylation sites (N-methyl/N-ethyl adjacent to an activating group) is 1. The molecule has 0 saturated heterocycles. The van der Waals surface area contributed by atoms with Gasteiger partial charge in [-0.05, 0) is 25.0 Å². The molecule has 74 valence electrons. The Morgan fingerprint density at radius 1 is 1.85 bits per heavy atom. The van der Waals surface area contributed by atoms with Crippen molar-refractivity contribution in [1.29, 1.82) is 0 Å². The van der Waals surface area contributed by atoms with Crippen LogP contribution in [0.25, 0.3) is 0 Å². The van der Waals surface area contributed by atoms with E-state index in [0.717, 1.165) is 18.4 Å². The van der Waals surface area contributed by atoms with E-state index >= 15 is 0 Å². The van der Waals surface area contributed by atoms with Crippen LogP contribution < -0.4 is 5.73 Å². The van der Waals surface area contributed by atoms with E-state index in [1.54, 1.807) is 0 Å². The summed E-state index contributed by atoms with van der Waals surface area (Å²) in [6.07, 6.45) is 3.33. The average molecular weight is 200 g/mol. The number of primary amides is 1. The van der Waals surface area contributed by atoms with Gasteiger partial charge >= 0.3 is 0 Å². The van der Waals surface area contributed by atoms with Gasteiger partial charge in [0, 0.05) is 11.9 Å². The second kappa shape index (κ2) is 4.15. The summed E-state index contributed by atoms with van der Waals surface area (Å²) in [4.78, 5) is 10.6. The Morgan fingerprint density at radius 3 is 2.92 bits per heavy atom. The summed E-state index contributed by atoms with van der Waals surface area (Å²) >= 11 is 1.08. The fourth-order valence-corrected chi connectivity index (χ4v) is 1.92. The van der Waals surface area contributed by atoms with Gasteiger partial charge < -0.3 is 5.73 Å². The molecule has 1 aliphatic carbocycles. The molecule has 1 unspecified atom stereocenters. The van der Waals surface area contributed by atoms with Gasteiger partial charge in [0.2, 0.25) is 0 Å². The fraction of sp³-hybridized carbons (Fsp3) is 0.667. The first-order valence-electron chi connectivity index (χ1n) is 4.48.